The van der Waals surface area contributed by atoms with Crippen molar-refractivity contribution >= 4 is 23.6 Å². The number of thioether (sulfide) groups is 1. The first-order chi connectivity index (χ1) is 7.70. The van der Waals surface area contributed by atoms with Crippen LogP contribution in [0.25, 0.3) is 0 Å². The third-order valence-corrected chi connectivity index (χ3v) is 3.76. The van der Waals surface area contributed by atoms with Gasteiger partial charge in [0.15, 0.2) is 0 Å². The summed E-state index contributed by atoms with van der Waals surface area (Å²) in [6, 6.07) is 0. The average Bonchev–Trinajstić information content (AvgIpc) is 2.29. The molecule has 0 radical (unpaired) electrons. The highest BCUT2D eigenvalue weighted by Crippen LogP contribution is 2.22. The van der Waals surface area contributed by atoms with Crippen LogP contribution >= 0.6 is 11.8 Å². The van der Waals surface area contributed by atoms with Crippen LogP contribution in [0.1, 0.15) is 32.1 Å². The minimum Gasteiger partial charge on any atom is -0.481 e. The molecule has 1 aliphatic heterocycles. The lowest BCUT2D eigenvalue weighted by molar-refractivity contribution is -0.137. The average molecular weight is 245 g/mol. The summed E-state index contributed by atoms with van der Waals surface area (Å²) in [7, 11) is 0. The maximum Gasteiger partial charge on any atom is 0.303 e. The first-order valence-corrected chi connectivity index (χ1v) is 6.93. The normalized spacial score (nSPS) is 17.0. The fourth-order valence-electron chi connectivity index (χ4n) is 1.72. The third kappa shape index (κ3) is 5.39. The lowest BCUT2D eigenvalue weighted by Crippen LogP contribution is -2.33. The van der Waals surface area contributed by atoms with Crippen molar-refractivity contribution in [1.82, 2.24) is 5.32 Å². The molecule has 1 amide bonds. The minimum absolute atomic E-state index is 0.149. The quantitative estimate of drug-likeness (QED) is 0.696. The summed E-state index contributed by atoms with van der Waals surface area (Å²) in [5, 5.41) is 11.3. The van der Waals surface area contributed by atoms with E-state index in [2.05, 4.69) is 5.32 Å². The summed E-state index contributed by atoms with van der Waals surface area (Å²) in [5.41, 5.74) is 0. The Bertz CT molecular complexity index is 239. The highest BCUT2D eigenvalue weighted by Gasteiger charge is 2.20. The van der Waals surface area contributed by atoms with Crippen LogP contribution in [0.15, 0.2) is 0 Å². The summed E-state index contributed by atoms with van der Waals surface area (Å²) >= 11 is 1.91. The van der Waals surface area contributed by atoms with E-state index in [0.717, 1.165) is 30.8 Å². The molecule has 2 N–H and O–H groups in total. The zero-order valence-electron chi connectivity index (χ0n) is 9.41. The second-order valence-electron chi connectivity index (χ2n) is 4.03. The molecule has 0 saturated carbocycles. The molecular weight excluding hydrogens is 226 g/mol. The number of carboxylic acid groups (broad SMARTS) is 1. The van der Waals surface area contributed by atoms with Crippen molar-refractivity contribution in [3.8, 4) is 0 Å². The number of hydrogen-bond donors (Lipinski definition) is 2. The van der Waals surface area contributed by atoms with Crippen LogP contribution in [0.5, 0.6) is 0 Å². The van der Waals surface area contributed by atoms with E-state index in [9.17, 15) is 9.59 Å². The Morgan fingerprint density at radius 2 is 1.94 bits per heavy atom. The highest BCUT2D eigenvalue weighted by molar-refractivity contribution is 7.99. The van der Waals surface area contributed by atoms with E-state index in [-0.39, 0.29) is 18.2 Å². The number of unbranched alkanes of at least 4 members (excludes halogenated alkanes) is 1. The molecule has 0 spiro atoms. The van der Waals surface area contributed by atoms with Gasteiger partial charge >= 0.3 is 5.97 Å². The van der Waals surface area contributed by atoms with E-state index in [4.69, 9.17) is 5.11 Å². The van der Waals surface area contributed by atoms with Crippen molar-refractivity contribution in [1.29, 1.82) is 0 Å². The monoisotopic (exact) mass is 245 g/mol. The number of carbonyl (C=O) groups excluding carboxylic acids is 1. The Hall–Kier alpha value is -0.710. The molecule has 1 saturated heterocycles. The molecule has 1 rings (SSSR count). The molecule has 0 aromatic carbocycles. The van der Waals surface area contributed by atoms with Gasteiger partial charge in [-0.2, -0.15) is 11.8 Å². The van der Waals surface area contributed by atoms with Crippen LogP contribution in [0, 0.1) is 5.92 Å². The fraction of sp³-hybridized carbons (Fsp3) is 0.818. The first kappa shape index (κ1) is 13.4. The smallest absolute Gasteiger partial charge is 0.303 e. The fourth-order valence-corrected chi connectivity index (χ4v) is 2.82. The largest absolute Gasteiger partial charge is 0.481 e. The number of nitrogens with one attached hydrogen (secondary N) is 1. The van der Waals surface area contributed by atoms with Crippen molar-refractivity contribution in [2.45, 2.75) is 32.1 Å². The van der Waals surface area contributed by atoms with Crippen LogP contribution < -0.4 is 5.32 Å². The van der Waals surface area contributed by atoms with Gasteiger partial charge in [0.2, 0.25) is 5.91 Å². The second-order valence-corrected chi connectivity index (χ2v) is 5.25. The molecule has 0 unspecified atom stereocenters. The standard InChI is InChI=1S/C11H19NO3S/c13-10(14)3-1-2-6-12-11(15)9-4-7-16-8-5-9/h9H,1-8H2,(H,12,15)(H,13,14). The Morgan fingerprint density at radius 1 is 1.25 bits per heavy atom. The molecule has 0 atom stereocenters. The number of rotatable bonds is 6. The molecule has 0 bridgehead atoms. The van der Waals surface area contributed by atoms with Gasteiger partial charge < -0.3 is 10.4 Å². The third-order valence-electron chi connectivity index (χ3n) is 2.71. The van der Waals surface area contributed by atoms with E-state index in [1.54, 1.807) is 0 Å². The molecular formula is C11H19NO3S. The lowest BCUT2D eigenvalue weighted by atomic mass is 10.0. The van der Waals surface area contributed by atoms with Crippen LogP contribution in [0.3, 0.4) is 0 Å². The predicted octanol–water partition coefficient (Wildman–Crippen LogP) is 1.50. The van der Waals surface area contributed by atoms with Crippen molar-refractivity contribution in [3.63, 3.8) is 0 Å². The molecule has 92 valence electrons. The van der Waals surface area contributed by atoms with Gasteiger partial charge in [0.25, 0.3) is 0 Å². The van der Waals surface area contributed by atoms with Gasteiger partial charge in [0.1, 0.15) is 0 Å². The van der Waals surface area contributed by atoms with Gasteiger partial charge in [-0.3, -0.25) is 9.59 Å². The summed E-state index contributed by atoms with van der Waals surface area (Å²) < 4.78 is 0. The zero-order chi connectivity index (χ0) is 11.8. The number of hydrogen-bond acceptors (Lipinski definition) is 3. The van der Waals surface area contributed by atoms with Gasteiger partial charge in [-0.05, 0) is 37.2 Å². The van der Waals surface area contributed by atoms with Crippen LogP contribution in [0.4, 0.5) is 0 Å². The number of amides is 1. The van der Waals surface area contributed by atoms with E-state index >= 15 is 0 Å². The second kappa shape index (κ2) is 7.54. The molecule has 16 heavy (non-hydrogen) atoms. The van der Waals surface area contributed by atoms with E-state index in [1.807, 2.05) is 11.8 Å². The van der Waals surface area contributed by atoms with Gasteiger partial charge in [0, 0.05) is 18.9 Å². The SMILES string of the molecule is O=C(O)CCCCNC(=O)C1CCSCC1. The summed E-state index contributed by atoms with van der Waals surface area (Å²) in [5.74, 6) is 1.72. The Balaban J connectivity index is 2.03. The van der Waals surface area contributed by atoms with Crippen molar-refractivity contribution in [2.24, 2.45) is 5.92 Å². The maximum atomic E-state index is 11.7. The summed E-state index contributed by atoms with van der Waals surface area (Å²) in [4.78, 5) is 21.9. The molecule has 4 nitrogen and oxygen atoms in total. The Kier molecular flexibility index (Phi) is 6.30. The van der Waals surface area contributed by atoms with Crippen molar-refractivity contribution < 1.29 is 14.7 Å². The molecule has 0 aromatic rings. The van der Waals surface area contributed by atoms with E-state index in [0.29, 0.717) is 13.0 Å². The first-order valence-electron chi connectivity index (χ1n) is 5.77. The molecule has 0 aliphatic carbocycles. The Morgan fingerprint density at radius 3 is 2.56 bits per heavy atom. The zero-order valence-corrected chi connectivity index (χ0v) is 10.2. The number of carbonyl (C=O) groups is 2. The molecule has 0 aromatic heterocycles. The van der Waals surface area contributed by atoms with E-state index in [1.165, 1.54) is 0 Å². The Labute approximate surface area is 100 Å². The van der Waals surface area contributed by atoms with Gasteiger partial charge in [-0.15, -0.1) is 0 Å². The number of aliphatic carboxylic acids is 1. The highest BCUT2D eigenvalue weighted by atomic mass is 32.2. The van der Waals surface area contributed by atoms with Crippen molar-refractivity contribution in [3.05, 3.63) is 0 Å². The van der Waals surface area contributed by atoms with Crippen LogP contribution in [-0.4, -0.2) is 35.0 Å². The van der Waals surface area contributed by atoms with Crippen molar-refractivity contribution in [2.75, 3.05) is 18.1 Å². The molecule has 1 fully saturated rings. The molecule has 1 aliphatic rings. The van der Waals surface area contributed by atoms with Gasteiger partial charge in [0.05, 0.1) is 0 Å². The van der Waals surface area contributed by atoms with E-state index < -0.39 is 5.97 Å². The number of carboxylic acids is 1. The van der Waals surface area contributed by atoms with Crippen LogP contribution in [-0.2, 0) is 9.59 Å². The lowest BCUT2D eigenvalue weighted by Gasteiger charge is -2.20. The predicted molar refractivity (Wildman–Crippen MR) is 64.5 cm³/mol. The van der Waals surface area contributed by atoms with Gasteiger partial charge in [-0.1, -0.05) is 0 Å². The molecule has 5 heteroatoms. The molecule has 1 heterocycles. The summed E-state index contributed by atoms with van der Waals surface area (Å²) in [6.45, 7) is 0.607. The van der Waals surface area contributed by atoms with Crippen LogP contribution in [0.2, 0.25) is 0 Å². The topological polar surface area (TPSA) is 66.4 Å². The summed E-state index contributed by atoms with van der Waals surface area (Å²) in [6.07, 6.45) is 3.53. The van der Waals surface area contributed by atoms with Gasteiger partial charge in [-0.25, -0.2) is 0 Å². The maximum absolute atomic E-state index is 11.7. The minimum atomic E-state index is -0.768.